The standard InChI is InChI=1S/C10H6ClIN2O/c11-10-13-6-5-9(14-10)15-8-3-1-7(12)2-4-8/h1-6H. The fraction of sp³-hybridized carbons (Fsp3) is 0. The molecule has 0 N–H and O–H groups in total. The molecule has 1 heterocycles. The number of hydrogen-bond acceptors (Lipinski definition) is 3. The maximum absolute atomic E-state index is 5.63. The lowest BCUT2D eigenvalue weighted by molar-refractivity contribution is 0.461. The minimum atomic E-state index is 0.179. The molecule has 2 aromatic rings. The van der Waals surface area contributed by atoms with Crippen LogP contribution in [0.15, 0.2) is 36.5 Å². The summed E-state index contributed by atoms with van der Waals surface area (Å²) in [6.45, 7) is 0. The number of halogens is 2. The highest BCUT2D eigenvalue weighted by molar-refractivity contribution is 14.1. The molecule has 0 aliphatic rings. The van der Waals surface area contributed by atoms with Gasteiger partial charge in [0.25, 0.3) is 0 Å². The van der Waals surface area contributed by atoms with E-state index >= 15 is 0 Å². The van der Waals surface area contributed by atoms with Crippen LogP contribution in [0.5, 0.6) is 11.6 Å². The van der Waals surface area contributed by atoms with Crippen molar-refractivity contribution in [3.63, 3.8) is 0 Å². The molecule has 1 aromatic carbocycles. The van der Waals surface area contributed by atoms with E-state index in [9.17, 15) is 0 Å². The fourth-order valence-electron chi connectivity index (χ4n) is 1.000. The van der Waals surface area contributed by atoms with Crippen LogP contribution in [0, 0.1) is 3.57 Å². The highest BCUT2D eigenvalue weighted by Crippen LogP contribution is 2.20. The summed E-state index contributed by atoms with van der Waals surface area (Å²) in [5.74, 6) is 1.17. The average molecular weight is 333 g/mol. The van der Waals surface area contributed by atoms with Crippen LogP contribution in [0.25, 0.3) is 0 Å². The summed E-state index contributed by atoms with van der Waals surface area (Å²) in [7, 11) is 0. The second-order valence-corrected chi connectivity index (χ2v) is 4.30. The second-order valence-electron chi connectivity index (χ2n) is 2.72. The molecule has 0 saturated carbocycles. The summed E-state index contributed by atoms with van der Waals surface area (Å²) < 4.78 is 6.63. The van der Waals surface area contributed by atoms with E-state index in [1.54, 1.807) is 12.3 Å². The SMILES string of the molecule is Clc1nccc(Oc2ccc(I)cc2)n1. The summed E-state index contributed by atoms with van der Waals surface area (Å²) in [5, 5.41) is 0.179. The summed E-state index contributed by atoms with van der Waals surface area (Å²) >= 11 is 7.86. The Bertz CT molecular complexity index is 461. The number of nitrogens with zero attached hydrogens (tertiary/aromatic N) is 2. The fourth-order valence-corrected chi connectivity index (χ4v) is 1.50. The van der Waals surface area contributed by atoms with Gasteiger partial charge in [-0.2, -0.15) is 4.98 Å². The van der Waals surface area contributed by atoms with Gasteiger partial charge in [0.1, 0.15) is 5.75 Å². The predicted molar refractivity (Wildman–Crippen MR) is 66.3 cm³/mol. The normalized spacial score (nSPS) is 10.0. The maximum Gasteiger partial charge on any atom is 0.225 e. The molecule has 2 rings (SSSR count). The van der Waals surface area contributed by atoms with E-state index in [1.807, 2.05) is 24.3 Å². The number of benzene rings is 1. The Morgan fingerprint density at radius 3 is 2.53 bits per heavy atom. The first-order valence-corrected chi connectivity index (χ1v) is 5.62. The van der Waals surface area contributed by atoms with Crippen LogP contribution >= 0.6 is 34.2 Å². The lowest BCUT2D eigenvalue weighted by Gasteiger charge is -2.03. The van der Waals surface area contributed by atoms with E-state index in [4.69, 9.17) is 16.3 Å². The summed E-state index contributed by atoms with van der Waals surface area (Å²) in [4.78, 5) is 7.69. The van der Waals surface area contributed by atoms with E-state index in [0.29, 0.717) is 5.88 Å². The molecule has 0 unspecified atom stereocenters. The third kappa shape index (κ3) is 3.04. The molecule has 0 amide bonds. The third-order valence-corrected chi connectivity index (χ3v) is 2.54. The molecular weight excluding hydrogens is 326 g/mol. The lowest BCUT2D eigenvalue weighted by Crippen LogP contribution is -1.89. The number of rotatable bonds is 2. The number of ether oxygens (including phenoxy) is 1. The Morgan fingerprint density at radius 2 is 1.87 bits per heavy atom. The van der Waals surface area contributed by atoms with Crippen molar-refractivity contribution in [2.75, 3.05) is 0 Å². The van der Waals surface area contributed by atoms with Crippen LogP contribution in [-0.4, -0.2) is 9.97 Å². The monoisotopic (exact) mass is 332 g/mol. The van der Waals surface area contributed by atoms with Gasteiger partial charge < -0.3 is 4.74 Å². The van der Waals surface area contributed by atoms with E-state index in [-0.39, 0.29) is 5.28 Å². The van der Waals surface area contributed by atoms with E-state index in [2.05, 4.69) is 32.6 Å². The van der Waals surface area contributed by atoms with Gasteiger partial charge in [-0.15, -0.1) is 0 Å². The molecular formula is C10H6ClIN2O. The van der Waals surface area contributed by atoms with Crippen molar-refractivity contribution < 1.29 is 4.74 Å². The van der Waals surface area contributed by atoms with Crippen molar-refractivity contribution in [2.45, 2.75) is 0 Å². The summed E-state index contributed by atoms with van der Waals surface area (Å²) in [6, 6.07) is 9.32. The highest BCUT2D eigenvalue weighted by atomic mass is 127. The molecule has 3 nitrogen and oxygen atoms in total. The van der Waals surface area contributed by atoms with Gasteiger partial charge in [-0.25, -0.2) is 4.98 Å². The Labute approximate surface area is 106 Å². The first kappa shape index (κ1) is 10.6. The highest BCUT2D eigenvalue weighted by Gasteiger charge is 1.99. The van der Waals surface area contributed by atoms with Crippen molar-refractivity contribution >= 4 is 34.2 Å². The molecule has 0 bridgehead atoms. The van der Waals surface area contributed by atoms with Gasteiger partial charge in [0.05, 0.1) is 0 Å². The van der Waals surface area contributed by atoms with Gasteiger partial charge in [0, 0.05) is 15.8 Å². The second kappa shape index (κ2) is 4.76. The van der Waals surface area contributed by atoms with Gasteiger partial charge in [-0.1, -0.05) is 0 Å². The minimum absolute atomic E-state index is 0.179. The third-order valence-electron chi connectivity index (χ3n) is 1.64. The number of hydrogen-bond donors (Lipinski definition) is 0. The van der Waals surface area contributed by atoms with Crippen LogP contribution in [0.2, 0.25) is 5.28 Å². The molecule has 0 fully saturated rings. The zero-order valence-electron chi connectivity index (χ0n) is 7.52. The van der Waals surface area contributed by atoms with Crippen molar-refractivity contribution in [2.24, 2.45) is 0 Å². The molecule has 0 spiro atoms. The zero-order chi connectivity index (χ0) is 10.7. The van der Waals surface area contributed by atoms with Crippen LogP contribution < -0.4 is 4.74 Å². The summed E-state index contributed by atoms with van der Waals surface area (Å²) in [5.41, 5.74) is 0. The predicted octanol–water partition coefficient (Wildman–Crippen LogP) is 3.53. The molecule has 1 aromatic heterocycles. The topological polar surface area (TPSA) is 35.0 Å². The molecule has 76 valence electrons. The Hall–Kier alpha value is -0.880. The van der Waals surface area contributed by atoms with Crippen molar-refractivity contribution in [1.29, 1.82) is 0 Å². The number of aromatic nitrogens is 2. The van der Waals surface area contributed by atoms with Gasteiger partial charge >= 0.3 is 0 Å². The average Bonchev–Trinajstić information content (AvgIpc) is 2.22. The smallest absolute Gasteiger partial charge is 0.225 e. The quantitative estimate of drug-likeness (QED) is 0.623. The largest absolute Gasteiger partial charge is 0.439 e. The van der Waals surface area contributed by atoms with Gasteiger partial charge in [0.2, 0.25) is 11.2 Å². The van der Waals surface area contributed by atoms with Gasteiger partial charge in [0.15, 0.2) is 0 Å². The molecule has 5 heteroatoms. The van der Waals surface area contributed by atoms with E-state index in [1.165, 1.54) is 0 Å². The Morgan fingerprint density at radius 1 is 1.13 bits per heavy atom. The van der Waals surface area contributed by atoms with Crippen molar-refractivity contribution in [3.05, 3.63) is 45.4 Å². The molecule has 0 radical (unpaired) electrons. The van der Waals surface area contributed by atoms with Crippen molar-refractivity contribution in [3.8, 4) is 11.6 Å². The van der Waals surface area contributed by atoms with Crippen LogP contribution in [0.1, 0.15) is 0 Å². The zero-order valence-corrected chi connectivity index (χ0v) is 10.4. The molecule has 0 aliphatic carbocycles. The molecule has 0 saturated heterocycles. The van der Waals surface area contributed by atoms with Gasteiger partial charge in [-0.3, -0.25) is 0 Å². The van der Waals surface area contributed by atoms with E-state index < -0.39 is 0 Å². The Balaban J connectivity index is 2.18. The molecule has 15 heavy (non-hydrogen) atoms. The molecule has 0 atom stereocenters. The van der Waals surface area contributed by atoms with Crippen molar-refractivity contribution in [1.82, 2.24) is 9.97 Å². The maximum atomic E-state index is 5.63. The Kier molecular flexibility index (Phi) is 3.37. The minimum Gasteiger partial charge on any atom is -0.439 e. The van der Waals surface area contributed by atoms with Crippen LogP contribution in [0.4, 0.5) is 0 Å². The first-order valence-electron chi connectivity index (χ1n) is 4.16. The van der Waals surface area contributed by atoms with E-state index in [0.717, 1.165) is 9.32 Å². The first-order chi connectivity index (χ1) is 7.24. The van der Waals surface area contributed by atoms with Crippen LogP contribution in [-0.2, 0) is 0 Å². The molecule has 0 aliphatic heterocycles. The lowest BCUT2D eigenvalue weighted by atomic mass is 10.3. The van der Waals surface area contributed by atoms with Gasteiger partial charge in [-0.05, 0) is 58.5 Å². The summed E-state index contributed by atoms with van der Waals surface area (Å²) in [6.07, 6.45) is 1.55. The van der Waals surface area contributed by atoms with Crippen LogP contribution in [0.3, 0.4) is 0 Å².